The third kappa shape index (κ3) is 3.97. The number of fused-ring (bicyclic) bond motifs is 1. The quantitative estimate of drug-likeness (QED) is 0.468. The second-order valence-electron chi connectivity index (χ2n) is 5.65. The highest BCUT2D eigenvalue weighted by Crippen LogP contribution is 2.28. The summed E-state index contributed by atoms with van der Waals surface area (Å²) >= 11 is 0. The molecule has 0 aliphatic heterocycles. The van der Waals surface area contributed by atoms with E-state index in [-0.39, 0.29) is 27.9 Å². The summed E-state index contributed by atoms with van der Waals surface area (Å²) in [5.41, 5.74) is 0.869. The number of ether oxygens (including phenoxy) is 1. The van der Waals surface area contributed by atoms with Crippen LogP contribution in [0.2, 0.25) is 0 Å². The Balaban J connectivity index is 2.10. The maximum atomic E-state index is 13.6. The van der Waals surface area contributed by atoms with Gasteiger partial charge in [-0.1, -0.05) is 13.0 Å². The number of nitrogens with zero attached hydrogens (tertiary/aromatic N) is 3. The Morgan fingerprint density at radius 3 is 2.70 bits per heavy atom. The molecule has 3 rings (SSSR count). The molecule has 0 saturated carbocycles. The molecule has 0 amide bonds. The van der Waals surface area contributed by atoms with Gasteiger partial charge in [-0.2, -0.15) is 18.6 Å². The average molecular weight is 401 g/mol. The van der Waals surface area contributed by atoms with Crippen molar-refractivity contribution in [3.05, 3.63) is 47.7 Å². The van der Waals surface area contributed by atoms with E-state index in [1.54, 1.807) is 0 Å². The fraction of sp³-hybridized carbons (Fsp3) is 0.250. The minimum Gasteiger partial charge on any atom is -0.618 e. The first-order chi connectivity index (χ1) is 12.7. The van der Waals surface area contributed by atoms with Crippen LogP contribution in [0.15, 0.2) is 36.7 Å². The van der Waals surface area contributed by atoms with Crippen LogP contribution in [-0.4, -0.2) is 30.6 Å². The number of pyridine rings is 1. The molecule has 0 aliphatic carbocycles. The van der Waals surface area contributed by atoms with Crippen molar-refractivity contribution in [3.8, 4) is 16.9 Å². The van der Waals surface area contributed by atoms with Crippen LogP contribution in [0.4, 0.5) is 13.2 Å². The van der Waals surface area contributed by atoms with Crippen molar-refractivity contribution >= 4 is 20.9 Å². The molecule has 0 bridgehead atoms. The largest absolute Gasteiger partial charge is 0.618 e. The zero-order chi connectivity index (χ0) is 19.8. The number of hydrogen-bond donors (Lipinski definition) is 0. The lowest BCUT2D eigenvalue weighted by molar-refractivity contribution is -0.576. The predicted molar refractivity (Wildman–Crippen MR) is 90.2 cm³/mol. The van der Waals surface area contributed by atoms with Gasteiger partial charge in [0.25, 0.3) is 5.52 Å². The molecule has 7 nitrogen and oxygen atoms in total. The number of sulfone groups is 1. The Morgan fingerprint density at radius 2 is 2.04 bits per heavy atom. The van der Waals surface area contributed by atoms with E-state index >= 15 is 0 Å². The highest BCUT2D eigenvalue weighted by molar-refractivity contribution is 7.90. The first kappa shape index (κ1) is 19.0. The van der Waals surface area contributed by atoms with Crippen molar-refractivity contribution in [2.75, 3.05) is 5.75 Å². The fourth-order valence-corrected chi connectivity index (χ4v) is 3.25. The molecule has 0 radical (unpaired) electrons. The zero-order valence-electron chi connectivity index (χ0n) is 14.0. The number of alkyl halides is 2. The third-order valence-electron chi connectivity index (χ3n) is 3.89. The lowest BCUT2D eigenvalue weighted by atomic mass is 10.1. The van der Waals surface area contributed by atoms with E-state index in [9.17, 15) is 26.8 Å². The average Bonchev–Trinajstić information content (AvgIpc) is 2.99. The van der Waals surface area contributed by atoms with Gasteiger partial charge in [0.1, 0.15) is 17.6 Å². The number of benzene rings is 1. The number of hydrogen-bond acceptors (Lipinski definition) is 5. The molecule has 2 aromatic heterocycles. The van der Waals surface area contributed by atoms with E-state index < -0.39 is 33.9 Å². The Bertz CT molecular complexity index is 1100. The van der Waals surface area contributed by atoms with Crippen molar-refractivity contribution in [2.24, 2.45) is 0 Å². The summed E-state index contributed by atoms with van der Waals surface area (Å²) in [6, 6.07) is 4.73. The summed E-state index contributed by atoms with van der Waals surface area (Å²) in [7, 11) is -3.41. The molecular formula is C16H14F3N3O4S. The van der Waals surface area contributed by atoms with E-state index in [4.69, 9.17) is 0 Å². The predicted octanol–water partition coefficient (Wildman–Crippen LogP) is 2.47. The van der Waals surface area contributed by atoms with Gasteiger partial charge in [0, 0.05) is 11.3 Å². The van der Waals surface area contributed by atoms with E-state index in [2.05, 4.69) is 9.84 Å². The van der Waals surface area contributed by atoms with Gasteiger partial charge in [0.05, 0.1) is 0 Å². The van der Waals surface area contributed by atoms with Crippen LogP contribution in [0.5, 0.6) is 5.75 Å². The lowest BCUT2D eigenvalue weighted by Gasteiger charge is -2.09. The molecule has 1 aromatic carbocycles. The first-order valence-corrected chi connectivity index (χ1v) is 9.56. The van der Waals surface area contributed by atoms with Crippen molar-refractivity contribution in [1.29, 1.82) is 0 Å². The topological polar surface area (TPSA) is 88.1 Å². The molecule has 3 aromatic rings. The summed E-state index contributed by atoms with van der Waals surface area (Å²) < 4.78 is 67.9. The molecule has 0 N–H and O–H groups in total. The molecule has 0 saturated heterocycles. The summed E-state index contributed by atoms with van der Waals surface area (Å²) in [5.74, 6) is -2.16. The van der Waals surface area contributed by atoms with Crippen molar-refractivity contribution in [3.63, 3.8) is 0 Å². The molecule has 0 atom stereocenters. The summed E-state index contributed by atoms with van der Waals surface area (Å²) in [6.07, 6.45) is 2.38. The van der Waals surface area contributed by atoms with Crippen molar-refractivity contribution in [1.82, 2.24) is 9.78 Å². The van der Waals surface area contributed by atoms with E-state index in [1.807, 2.05) is 0 Å². The number of aromatic nitrogens is 3. The van der Waals surface area contributed by atoms with Gasteiger partial charge in [0.15, 0.2) is 27.6 Å². The number of halogens is 3. The van der Waals surface area contributed by atoms with E-state index in [0.29, 0.717) is 4.73 Å². The minimum absolute atomic E-state index is 0.0995. The normalized spacial score (nSPS) is 12.0. The van der Waals surface area contributed by atoms with Crippen molar-refractivity contribution in [2.45, 2.75) is 19.4 Å². The van der Waals surface area contributed by atoms with Crippen LogP contribution < -0.4 is 9.47 Å². The SMILES string of the molecule is CCS(=O)(=O)Cn1ncc2c1cc(-c1ccc(F)c(OC(F)F)c1)c[n+]2[O-]. The van der Waals surface area contributed by atoms with Crippen molar-refractivity contribution < 1.29 is 31.1 Å². The maximum absolute atomic E-state index is 13.6. The van der Waals surface area contributed by atoms with Gasteiger partial charge < -0.3 is 9.94 Å². The molecular weight excluding hydrogens is 387 g/mol. The summed E-state index contributed by atoms with van der Waals surface area (Å²) in [5, 5.41) is 16.2. The molecule has 2 heterocycles. The number of rotatable bonds is 6. The van der Waals surface area contributed by atoms with Crippen LogP contribution in [0, 0.1) is 11.0 Å². The van der Waals surface area contributed by atoms with Gasteiger partial charge in [-0.15, -0.1) is 0 Å². The lowest BCUT2D eigenvalue weighted by Crippen LogP contribution is -2.26. The molecule has 0 fully saturated rings. The zero-order valence-corrected chi connectivity index (χ0v) is 14.8. The van der Waals surface area contributed by atoms with Gasteiger partial charge in [0.2, 0.25) is 0 Å². The smallest absolute Gasteiger partial charge is 0.387 e. The Morgan fingerprint density at radius 1 is 1.30 bits per heavy atom. The molecule has 0 unspecified atom stereocenters. The van der Waals surface area contributed by atoms with E-state index in [1.165, 1.54) is 25.3 Å². The summed E-state index contributed by atoms with van der Waals surface area (Å²) in [4.78, 5) is 0. The molecule has 0 spiro atoms. The fourth-order valence-electron chi connectivity index (χ4n) is 2.49. The maximum Gasteiger partial charge on any atom is 0.387 e. The molecule has 27 heavy (non-hydrogen) atoms. The highest BCUT2D eigenvalue weighted by atomic mass is 32.2. The Kier molecular flexibility index (Phi) is 4.96. The second-order valence-corrected chi connectivity index (χ2v) is 7.98. The van der Waals surface area contributed by atoms with Crippen LogP contribution in [0.3, 0.4) is 0 Å². The first-order valence-electron chi connectivity index (χ1n) is 7.74. The van der Waals surface area contributed by atoms with Gasteiger partial charge in [-0.25, -0.2) is 17.5 Å². The monoisotopic (exact) mass is 401 g/mol. The minimum atomic E-state index is -3.41. The van der Waals surface area contributed by atoms with Crippen LogP contribution in [0.25, 0.3) is 22.2 Å². The molecule has 144 valence electrons. The Hall–Kier alpha value is -2.82. The second kappa shape index (κ2) is 7.06. The van der Waals surface area contributed by atoms with Gasteiger partial charge >= 0.3 is 6.61 Å². The van der Waals surface area contributed by atoms with Gasteiger partial charge in [-0.05, 0) is 23.8 Å². The molecule has 11 heteroatoms. The molecule has 0 aliphatic rings. The van der Waals surface area contributed by atoms with Gasteiger partial charge in [-0.3, -0.25) is 0 Å². The van der Waals surface area contributed by atoms with Crippen LogP contribution in [0.1, 0.15) is 6.92 Å². The van der Waals surface area contributed by atoms with Crippen LogP contribution in [-0.2, 0) is 15.7 Å². The highest BCUT2D eigenvalue weighted by Gasteiger charge is 2.19. The standard InChI is InChI=1S/C16H14F3N3O4S/c1-2-27(24,25)9-21-13-5-11(8-22(23)14(13)7-20-21)10-3-4-12(17)15(6-10)26-16(18)19/h3-8,16H,2,9H2,1H3. The van der Waals surface area contributed by atoms with E-state index in [0.717, 1.165) is 23.0 Å². The Labute approximate surface area is 152 Å². The third-order valence-corrected chi connectivity index (χ3v) is 5.40. The summed E-state index contributed by atoms with van der Waals surface area (Å²) in [6.45, 7) is -1.72. The van der Waals surface area contributed by atoms with Crippen LogP contribution >= 0.6 is 0 Å².